The minimum Gasteiger partial charge on any atom is -0.366 e. The molecule has 5 heterocycles. The van der Waals surface area contributed by atoms with Gasteiger partial charge in [0.25, 0.3) is 0 Å². The third kappa shape index (κ3) is 5.44. The number of piperidine rings is 1. The number of pyridine rings is 1. The van der Waals surface area contributed by atoms with Crippen LogP contribution in [0.25, 0.3) is 16.8 Å². The van der Waals surface area contributed by atoms with Crippen LogP contribution < -0.4 is 4.90 Å². The average Bonchev–Trinajstić information content (AvgIpc) is 3.46. The summed E-state index contributed by atoms with van der Waals surface area (Å²) < 4.78 is 1.95. The summed E-state index contributed by atoms with van der Waals surface area (Å²) in [4.78, 5) is 25.0. The first-order valence-corrected chi connectivity index (χ1v) is 15.1. The second kappa shape index (κ2) is 11.6. The molecule has 2 aliphatic heterocycles. The van der Waals surface area contributed by atoms with Gasteiger partial charge in [0.05, 0.1) is 23.0 Å². The minimum atomic E-state index is 0.0868. The van der Waals surface area contributed by atoms with Crippen LogP contribution >= 0.6 is 0 Å². The van der Waals surface area contributed by atoms with E-state index in [2.05, 4.69) is 71.5 Å². The van der Waals surface area contributed by atoms with Crippen LogP contribution in [0.3, 0.4) is 0 Å². The Labute approximate surface area is 237 Å². The second-order valence-corrected chi connectivity index (χ2v) is 12.1. The summed E-state index contributed by atoms with van der Waals surface area (Å²) in [6.07, 6.45) is 11.8. The summed E-state index contributed by atoms with van der Waals surface area (Å²) in [5.41, 5.74) is 5.61. The van der Waals surface area contributed by atoms with Crippen molar-refractivity contribution < 1.29 is 4.79 Å². The number of amides is 1. The lowest BCUT2D eigenvalue weighted by molar-refractivity contribution is -0.137. The number of aromatic nitrogens is 3. The lowest BCUT2D eigenvalue weighted by Gasteiger charge is -2.38. The Kier molecular flexibility index (Phi) is 7.75. The highest BCUT2D eigenvalue weighted by atomic mass is 16.2. The van der Waals surface area contributed by atoms with Crippen molar-refractivity contribution in [3.8, 4) is 17.3 Å². The van der Waals surface area contributed by atoms with Gasteiger partial charge < -0.3 is 14.7 Å². The van der Waals surface area contributed by atoms with Crippen LogP contribution in [0, 0.1) is 23.2 Å². The Morgan fingerprint density at radius 2 is 1.73 bits per heavy atom. The van der Waals surface area contributed by atoms with Crippen LogP contribution in [-0.2, 0) is 4.79 Å². The Balaban J connectivity index is 1.11. The van der Waals surface area contributed by atoms with Crippen molar-refractivity contribution in [1.29, 1.82) is 5.26 Å². The molecular weight excluding hydrogens is 498 g/mol. The molecule has 3 aromatic heterocycles. The number of carbonyl (C=O) groups is 1. The maximum Gasteiger partial charge on any atom is 0.225 e. The molecule has 0 spiro atoms. The van der Waals surface area contributed by atoms with Gasteiger partial charge in [0.1, 0.15) is 0 Å². The van der Waals surface area contributed by atoms with Crippen molar-refractivity contribution in [2.24, 2.45) is 11.8 Å². The van der Waals surface area contributed by atoms with Gasteiger partial charge in [-0.1, -0.05) is 6.07 Å². The quantitative estimate of drug-likeness (QED) is 0.456. The van der Waals surface area contributed by atoms with E-state index in [0.29, 0.717) is 12.0 Å². The number of piperazine rings is 1. The molecule has 3 aliphatic rings. The molecule has 1 aliphatic carbocycles. The summed E-state index contributed by atoms with van der Waals surface area (Å²) in [5, 5.41) is 13.7. The lowest BCUT2D eigenvalue weighted by Crippen LogP contribution is -2.50. The molecule has 0 atom stereocenters. The molecule has 1 saturated carbocycles. The third-order valence-corrected chi connectivity index (χ3v) is 9.49. The predicted molar refractivity (Wildman–Crippen MR) is 157 cm³/mol. The van der Waals surface area contributed by atoms with Gasteiger partial charge in [-0.05, 0) is 95.1 Å². The zero-order valence-electron chi connectivity index (χ0n) is 23.9. The average molecular weight is 540 g/mol. The molecule has 0 radical (unpaired) electrons. The molecule has 8 nitrogen and oxygen atoms in total. The zero-order valence-corrected chi connectivity index (χ0v) is 23.9. The predicted octanol–water partition coefficient (Wildman–Crippen LogP) is 4.96. The maximum atomic E-state index is 13.1. The molecule has 8 heteroatoms. The Hall–Kier alpha value is -3.44. The molecule has 0 bridgehead atoms. The monoisotopic (exact) mass is 539 g/mol. The molecule has 3 aromatic rings. The van der Waals surface area contributed by atoms with E-state index >= 15 is 0 Å². The van der Waals surface area contributed by atoms with Gasteiger partial charge in [-0.2, -0.15) is 10.4 Å². The van der Waals surface area contributed by atoms with Crippen molar-refractivity contribution in [3.05, 3.63) is 48.4 Å². The van der Waals surface area contributed by atoms with E-state index < -0.39 is 0 Å². The Bertz CT molecular complexity index is 1350. The van der Waals surface area contributed by atoms with Crippen LogP contribution in [0.5, 0.6) is 0 Å². The van der Waals surface area contributed by atoms with Gasteiger partial charge in [-0.3, -0.25) is 9.78 Å². The molecule has 210 valence electrons. The van der Waals surface area contributed by atoms with Crippen LogP contribution in [0.2, 0.25) is 0 Å². The van der Waals surface area contributed by atoms with E-state index in [9.17, 15) is 4.79 Å². The maximum absolute atomic E-state index is 13.1. The Morgan fingerprint density at radius 1 is 0.975 bits per heavy atom. The van der Waals surface area contributed by atoms with Crippen molar-refractivity contribution >= 4 is 17.1 Å². The summed E-state index contributed by atoms with van der Waals surface area (Å²) in [6.45, 7) is 9.97. The second-order valence-electron chi connectivity index (χ2n) is 12.1. The fraction of sp³-hybridized carbons (Fsp3) is 0.562. The molecule has 0 N–H and O–H groups in total. The number of carbonyl (C=O) groups excluding carboxylic acids is 1. The van der Waals surface area contributed by atoms with Crippen molar-refractivity contribution in [2.75, 3.05) is 44.2 Å². The van der Waals surface area contributed by atoms with Gasteiger partial charge >= 0.3 is 0 Å². The van der Waals surface area contributed by atoms with E-state index in [4.69, 9.17) is 10.2 Å². The van der Waals surface area contributed by atoms with E-state index in [1.807, 2.05) is 15.6 Å². The number of likely N-dealkylation sites (tertiary alicyclic amines) is 1. The van der Waals surface area contributed by atoms with Crippen molar-refractivity contribution in [1.82, 2.24) is 24.4 Å². The molecule has 2 saturated heterocycles. The summed E-state index contributed by atoms with van der Waals surface area (Å²) in [7, 11) is 0. The van der Waals surface area contributed by atoms with Crippen molar-refractivity contribution in [2.45, 2.75) is 64.3 Å². The number of fused-ring (bicyclic) bond motifs is 1. The van der Waals surface area contributed by atoms with E-state index in [1.165, 1.54) is 18.4 Å². The van der Waals surface area contributed by atoms with Gasteiger partial charge in [-0.15, -0.1) is 0 Å². The summed E-state index contributed by atoms with van der Waals surface area (Å²) in [6, 6.07) is 11.7. The first-order chi connectivity index (χ1) is 19.5. The van der Waals surface area contributed by atoms with E-state index in [0.717, 1.165) is 87.4 Å². The zero-order chi connectivity index (χ0) is 27.6. The number of hydrogen-bond acceptors (Lipinski definition) is 6. The minimum absolute atomic E-state index is 0.0868. The van der Waals surface area contributed by atoms with Crippen molar-refractivity contribution in [3.63, 3.8) is 0 Å². The van der Waals surface area contributed by atoms with Gasteiger partial charge in [0.15, 0.2) is 0 Å². The standard InChI is InChI=1S/C32H41N7O/c1-23(2)36-13-10-25(11-14-36)27-7-8-29(34-21-27)28-19-31-30(9-12-35-39(31)22-28)37-15-17-38(18-16-37)32(40)26-5-3-24(20-33)4-6-26/h7-9,12,19,21-26H,3-6,10-11,13-18H2,1-2H3. The summed E-state index contributed by atoms with van der Waals surface area (Å²) in [5.74, 6) is 1.09. The normalized spacial score (nSPS) is 23.1. The number of rotatable bonds is 5. The number of nitrogens with zero attached hydrogens (tertiary/aromatic N) is 7. The molecular formula is C32H41N7O. The highest BCUT2D eigenvalue weighted by Gasteiger charge is 2.31. The topological polar surface area (TPSA) is 80.8 Å². The molecule has 1 amide bonds. The first kappa shape index (κ1) is 26.8. The smallest absolute Gasteiger partial charge is 0.225 e. The fourth-order valence-corrected chi connectivity index (χ4v) is 6.87. The van der Waals surface area contributed by atoms with Gasteiger partial charge in [-0.25, -0.2) is 4.52 Å². The SMILES string of the molecule is CC(C)N1CCC(c2ccc(-c3cc4c(N5CCN(C(=O)C6CCC(C#N)CC6)CC5)ccnn4c3)nc2)CC1. The Morgan fingerprint density at radius 3 is 2.38 bits per heavy atom. The van der Waals surface area contributed by atoms with Crippen LogP contribution in [0.1, 0.15) is 63.9 Å². The first-order valence-electron chi connectivity index (χ1n) is 15.1. The van der Waals surface area contributed by atoms with Gasteiger partial charge in [0.2, 0.25) is 5.91 Å². The molecule has 0 aromatic carbocycles. The highest BCUT2D eigenvalue weighted by molar-refractivity contribution is 5.81. The van der Waals surface area contributed by atoms with Crippen LogP contribution in [0.15, 0.2) is 42.9 Å². The van der Waals surface area contributed by atoms with Gasteiger partial charge in [0, 0.05) is 68.2 Å². The van der Waals surface area contributed by atoms with E-state index in [1.54, 1.807) is 0 Å². The lowest BCUT2D eigenvalue weighted by atomic mass is 9.82. The van der Waals surface area contributed by atoms with Crippen LogP contribution in [-0.4, -0.2) is 75.6 Å². The number of anilines is 1. The molecule has 0 unspecified atom stereocenters. The molecule has 6 rings (SSSR count). The number of hydrogen-bond donors (Lipinski definition) is 0. The third-order valence-electron chi connectivity index (χ3n) is 9.49. The largest absolute Gasteiger partial charge is 0.366 e. The van der Waals surface area contributed by atoms with Crippen LogP contribution in [0.4, 0.5) is 5.69 Å². The molecule has 40 heavy (non-hydrogen) atoms. The number of nitriles is 1. The highest BCUT2D eigenvalue weighted by Crippen LogP contribution is 2.33. The summed E-state index contributed by atoms with van der Waals surface area (Å²) >= 11 is 0. The molecule has 3 fully saturated rings. The van der Waals surface area contributed by atoms with E-state index in [-0.39, 0.29) is 17.7 Å². The fourth-order valence-electron chi connectivity index (χ4n) is 6.87.